The summed E-state index contributed by atoms with van der Waals surface area (Å²) in [5, 5.41) is 11.3. The predicted octanol–water partition coefficient (Wildman–Crippen LogP) is 3.57. The summed E-state index contributed by atoms with van der Waals surface area (Å²) >= 11 is 1.58. The van der Waals surface area contributed by atoms with E-state index in [4.69, 9.17) is 0 Å². The number of nitrogens with one attached hydrogen (secondary N) is 1. The van der Waals surface area contributed by atoms with Crippen LogP contribution in [0.5, 0.6) is 0 Å². The van der Waals surface area contributed by atoms with Crippen molar-refractivity contribution in [2.24, 2.45) is 0 Å². The molecular weight excluding hydrogens is 434 g/mol. The van der Waals surface area contributed by atoms with Gasteiger partial charge in [0.15, 0.2) is 5.82 Å². The van der Waals surface area contributed by atoms with Gasteiger partial charge in [-0.2, -0.15) is 5.10 Å². The van der Waals surface area contributed by atoms with Crippen molar-refractivity contribution in [2.45, 2.75) is 31.2 Å². The lowest BCUT2D eigenvalue weighted by molar-refractivity contribution is 0.0713. The van der Waals surface area contributed by atoms with E-state index in [-0.39, 0.29) is 17.9 Å². The number of benzene rings is 1. The predicted molar refractivity (Wildman–Crippen MR) is 129 cm³/mol. The second-order valence-electron chi connectivity index (χ2n) is 8.62. The molecule has 0 spiro atoms. The van der Waals surface area contributed by atoms with E-state index in [0.29, 0.717) is 5.92 Å². The minimum atomic E-state index is -0.00561. The molecule has 0 saturated carbocycles. The van der Waals surface area contributed by atoms with E-state index in [1.165, 1.54) is 4.88 Å². The van der Waals surface area contributed by atoms with Crippen LogP contribution in [0.25, 0.3) is 0 Å². The molecule has 2 amide bonds. The van der Waals surface area contributed by atoms with E-state index in [9.17, 15) is 9.59 Å². The maximum atomic E-state index is 12.8. The number of aromatic nitrogens is 2. The Morgan fingerprint density at radius 2 is 1.76 bits per heavy atom. The van der Waals surface area contributed by atoms with Crippen LogP contribution in [0.1, 0.15) is 50.1 Å². The molecule has 4 heterocycles. The topological polar surface area (TPSA) is 78.4 Å². The lowest BCUT2D eigenvalue weighted by Gasteiger charge is -2.31. The highest BCUT2D eigenvalue weighted by Gasteiger charge is 2.28. The van der Waals surface area contributed by atoms with Crippen LogP contribution in [0.2, 0.25) is 0 Å². The summed E-state index contributed by atoms with van der Waals surface area (Å²) in [6, 6.07) is 17.4. The van der Waals surface area contributed by atoms with Gasteiger partial charge >= 0.3 is 0 Å². The zero-order chi connectivity index (χ0) is 22.6. The number of carbonyl (C=O) groups excluding carboxylic acids is 2. The third-order valence-corrected chi connectivity index (χ3v) is 7.71. The monoisotopic (exact) mass is 461 g/mol. The third-order valence-electron chi connectivity index (χ3n) is 6.46. The summed E-state index contributed by atoms with van der Waals surface area (Å²) < 4.78 is 0. The highest BCUT2D eigenvalue weighted by molar-refractivity contribution is 7.14. The van der Waals surface area contributed by atoms with Gasteiger partial charge in [-0.05, 0) is 61.6 Å². The summed E-state index contributed by atoms with van der Waals surface area (Å²) in [6.45, 7) is 3.10. The average Bonchev–Trinajstić information content (AvgIpc) is 3.55. The number of anilines is 1. The summed E-state index contributed by atoms with van der Waals surface area (Å²) in [6.07, 6.45) is 4.42. The minimum Gasteiger partial charge on any atom is -0.353 e. The number of amides is 2. The maximum absolute atomic E-state index is 12.8. The number of carbonyl (C=O) groups is 2. The van der Waals surface area contributed by atoms with Crippen LogP contribution in [-0.2, 0) is 0 Å². The van der Waals surface area contributed by atoms with Gasteiger partial charge < -0.3 is 15.1 Å². The Hall–Kier alpha value is -3.26. The Bertz CT molecular complexity index is 1100. The van der Waals surface area contributed by atoms with E-state index < -0.39 is 0 Å². The summed E-state index contributed by atoms with van der Waals surface area (Å²) in [7, 11) is 0. The Balaban J connectivity index is 1.13. The van der Waals surface area contributed by atoms with Gasteiger partial charge in [-0.3, -0.25) is 9.59 Å². The van der Waals surface area contributed by atoms with Crippen LogP contribution in [-0.4, -0.2) is 59.1 Å². The van der Waals surface area contributed by atoms with E-state index in [1.54, 1.807) is 17.5 Å². The van der Waals surface area contributed by atoms with Crippen molar-refractivity contribution in [1.29, 1.82) is 0 Å². The van der Waals surface area contributed by atoms with Gasteiger partial charge in [0.2, 0.25) is 0 Å². The van der Waals surface area contributed by atoms with Crippen LogP contribution in [0.15, 0.2) is 60.8 Å². The van der Waals surface area contributed by atoms with Crippen molar-refractivity contribution in [3.8, 4) is 0 Å². The van der Waals surface area contributed by atoms with Crippen LogP contribution in [0.4, 0.5) is 5.82 Å². The molecule has 8 heteroatoms. The molecule has 170 valence electrons. The molecule has 0 unspecified atom stereocenters. The number of hydrogen-bond donors (Lipinski definition) is 1. The molecule has 2 aromatic heterocycles. The van der Waals surface area contributed by atoms with Gasteiger partial charge in [0.25, 0.3) is 11.8 Å². The molecule has 2 fully saturated rings. The lowest BCUT2D eigenvalue weighted by Crippen LogP contribution is -2.37. The fourth-order valence-corrected chi connectivity index (χ4v) is 5.71. The van der Waals surface area contributed by atoms with Crippen molar-refractivity contribution in [2.75, 3.05) is 31.1 Å². The molecule has 33 heavy (non-hydrogen) atoms. The molecular formula is C25H27N5O2S. The average molecular weight is 462 g/mol. The van der Waals surface area contributed by atoms with Gasteiger partial charge in [-0.1, -0.05) is 18.2 Å². The molecule has 1 atom stereocenters. The smallest absolute Gasteiger partial charge is 0.261 e. The fraction of sp³-hybridized carbons (Fsp3) is 0.360. The number of nitrogens with zero attached hydrogens (tertiary/aromatic N) is 4. The minimum absolute atomic E-state index is 0.00561. The van der Waals surface area contributed by atoms with Crippen molar-refractivity contribution < 1.29 is 9.59 Å². The molecule has 1 N–H and O–H groups in total. The summed E-state index contributed by atoms with van der Waals surface area (Å²) in [5.74, 6) is 1.35. The third kappa shape index (κ3) is 4.90. The molecule has 5 rings (SSSR count). The Kier molecular flexibility index (Phi) is 6.35. The van der Waals surface area contributed by atoms with Gasteiger partial charge in [0.1, 0.15) is 0 Å². The van der Waals surface area contributed by atoms with Crippen molar-refractivity contribution in [3.05, 3.63) is 76.1 Å². The fourth-order valence-electron chi connectivity index (χ4n) is 4.63. The largest absolute Gasteiger partial charge is 0.353 e. The molecule has 7 nitrogen and oxygen atoms in total. The second kappa shape index (κ2) is 9.70. The molecule has 3 aromatic rings. The number of piperidine rings is 1. The first kappa shape index (κ1) is 21.6. The number of likely N-dealkylation sites (tertiary alicyclic amines) is 1. The number of hydrogen-bond acceptors (Lipinski definition) is 6. The summed E-state index contributed by atoms with van der Waals surface area (Å²) in [4.78, 5) is 31.6. The van der Waals surface area contributed by atoms with Crippen molar-refractivity contribution in [1.82, 2.24) is 20.4 Å². The van der Waals surface area contributed by atoms with Crippen LogP contribution in [0.3, 0.4) is 0 Å². The highest BCUT2D eigenvalue weighted by atomic mass is 32.1. The zero-order valence-corrected chi connectivity index (χ0v) is 19.2. The normalized spacial score (nSPS) is 19.0. The van der Waals surface area contributed by atoms with E-state index in [0.717, 1.165) is 61.7 Å². The Morgan fingerprint density at radius 1 is 0.939 bits per heavy atom. The first-order chi connectivity index (χ1) is 16.2. The van der Waals surface area contributed by atoms with Crippen LogP contribution in [0, 0.1) is 0 Å². The zero-order valence-electron chi connectivity index (χ0n) is 18.4. The van der Waals surface area contributed by atoms with Crippen molar-refractivity contribution in [3.63, 3.8) is 0 Å². The molecule has 2 aliphatic rings. The van der Waals surface area contributed by atoms with Crippen LogP contribution >= 0.6 is 11.3 Å². The summed E-state index contributed by atoms with van der Waals surface area (Å²) in [5.41, 5.74) is 0.746. The van der Waals surface area contributed by atoms with Gasteiger partial charge in [-0.15, -0.1) is 16.4 Å². The van der Waals surface area contributed by atoms with Gasteiger partial charge in [0, 0.05) is 48.9 Å². The standard InChI is InChI=1S/C25H27N5O2S/c31-24(27-20-12-16-30(17-20)23-7-4-13-26-28-23)22-9-8-21(33-22)18-10-14-29(15-11-18)25(32)19-5-2-1-3-6-19/h1-9,13,18,20H,10-12,14-17H2,(H,27,31)/t20-/m0/s1. The first-order valence-corrected chi connectivity index (χ1v) is 12.3. The molecule has 2 aliphatic heterocycles. The maximum Gasteiger partial charge on any atom is 0.261 e. The molecule has 2 saturated heterocycles. The molecule has 1 aromatic carbocycles. The van der Waals surface area contributed by atoms with Crippen molar-refractivity contribution >= 4 is 29.0 Å². The molecule has 0 radical (unpaired) electrons. The first-order valence-electron chi connectivity index (χ1n) is 11.4. The highest BCUT2D eigenvalue weighted by Crippen LogP contribution is 2.33. The Morgan fingerprint density at radius 3 is 2.52 bits per heavy atom. The SMILES string of the molecule is O=C(N[C@H]1CCN(c2cccnn2)C1)c1ccc(C2CCN(C(=O)c3ccccc3)CC2)s1. The molecule has 0 aliphatic carbocycles. The number of thiophene rings is 1. The van der Waals surface area contributed by atoms with E-state index in [1.807, 2.05) is 53.4 Å². The van der Waals surface area contributed by atoms with Gasteiger partial charge in [0.05, 0.1) is 4.88 Å². The Labute approximate surface area is 197 Å². The van der Waals surface area contributed by atoms with Crippen LogP contribution < -0.4 is 10.2 Å². The quantitative estimate of drug-likeness (QED) is 0.629. The van der Waals surface area contributed by atoms with Gasteiger partial charge in [-0.25, -0.2) is 0 Å². The molecule has 0 bridgehead atoms. The second-order valence-corrected chi connectivity index (χ2v) is 9.74. The van der Waals surface area contributed by atoms with E-state index >= 15 is 0 Å². The number of rotatable bonds is 5. The van der Waals surface area contributed by atoms with E-state index in [2.05, 4.69) is 26.5 Å². The lowest BCUT2D eigenvalue weighted by atomic mass is 9.95.